The summed E-state index contributed by atoms with van der Waals surface area (Å²) in [7, 11) is 0. The first-order valence-electron chi connectivity index (χ1n) is 14.2. The lowest BCUT2D eigenvalue weighted by molar-refractivity contribution is 0.257. The lowest BCUT2D eigenvalue weighted by Crippen LogP contribution is -2.16. The minimum Gasteiger partial charge on any atom is -0.373 e. The zero-order valence-electron chi connectivity index (χ0n) is 20.1. The monoisotopic (exact) mass is 420 g/mol. The highest BCUT2D eigenvalue weighted by Gasteiger charge is 2.54. The van der Waals surface area contributed by atoms with Crippen LogP contribution in [0.1, 0.15) is 154 Å². The summed E-state index contributed by atoms with van der Waals surface area (Å²) >= 11 is 0. The summed E-state index contributed by atoms with van der Waals surface area (Å²) < 4.78 is 11.4. The predicted molar refractivity (Wildman–Crippen MR) is 128 cm³/mol. The summed E-state index contributed by atoms with van der Waals surface area (Å²) in [4.78, 5) is 0. The van der Waals surface area contributed by atoms with Crippen LogP contribution in [0.4, 0.5) is 0 Å². The Labute approximate surface area is 188 Å². The first kappa shape index (κ1) is 24.6. The van der Waals surface area contributed by atoms with Gasteiger partial charge in [0.2, 0.25) is 0 Å². The zero-order valence-corrected chi connectivity index (χ0v) is 20.1. The third-order valence-corrected chi connectivity index (χ3v) is 8.00. The molecule has 1 aliphatic carbocycles. The Hall–Kier alpha value is -0.0800. The van der Waals surface area contributed by atoms with Gasteiger partial charge in [-0.2, -0.15) is 0 Å². The molecule has 2 saturated heterocycles. The fourth-order valence-corrected chi connectivity index (χ4v) is 5.75. The lowest BCUT2D eigenvalue weighted by atomic mass is 9.87. The molecular formula is C28H52O2. The first-order valence-corrected chi connectivity index (χ1v) is 14.2. The van der Waals surface area contributed by atoms with Gasteiger partial charge in [0.1, 0.15) is 0 Å². The number of hydrogen-bond donors (Lipinski definition) is 0. The molecule has 3 atom stereocenters. The Morgan fingerprint density at radius 3 is 1.63 bits per heavy atom. The molecule has 0 aromatic carbocycles. The molecule has 2 aliphatic heterocycles. The van der Waals surface area contributed by atoms with Crippen molar-refractivity contribution in [3.05, 3.63) is 0 Å². The van der Waals surface area contributed by atoms with Crippen LogP contribution < -0.4 is 0 Å². The van der Waals surface area contributed by atoms with Crippen molar-refractivity contribution in [2.75, 3.05) is 6.61 Å². The molecule has 0 N–H and O–H groups in total. The van der Waals surface area contributed by atoms with Crippen LogP contribution in [0.15, 0.2) is 0 Å². The average molecular weight is 421 g/mol. The van der Waals surface area contributed by atoms with Gasteiger partial charge in [-0.05, 0) is 25.7 Å². The highest BCUT2D eigenvalue weighted by molar-refractivity contribution is 5.02. The topological polar surface area (TPSA) is 25.1 Å². The zero-order chi connectivity index (χ0) is 20.7. The van der Waals surface area contributed by atoms with Crippen molar-refractivity contribution in [1.82, 2.24) is 0 Å². The molecule has 3 unspecified atom stereocenters. The molecule has 30 heavy (non-hydrogen) atoms. The van der Waals surface area contributed by atoms with Crippen LogP contribution in [0.3, 0.4) is 0 Å². The highest BCUT2D eigenvalue weighted by Crippen LogP contribution is 2.49. The summed E-state index contributed by atoms with van der Waals surface area (Å²) in [5, 5.41) is 0. The quantitative estimate of drug-likeness (QED) is 0.154. The van der Waals surface area contributed by atoms with E-state index in [1.165, 1.54) is 154 Å². The van der Waals surface area contributed by atoms with Gasteiger partial charge in [-0.25, -0.2) is 0 Å². The van der Waals surface area contributed by atoms with E-state index >= 15 is 0 Å². The Morgan fingerprint density at radius 1 is 0.567 bits per heavy atom. The van der Waals surface area contributed by atoms with Crippen LogP contribution in [-0.2, 0) is 9.47 Å². The summed E-state index contributed by atoms with van der Waals surface area (Å²) in [6.45, 7) is 1.04. The number of fused-ring (bicyclic) bond motifs is 1. The van der Waals surface area contributed by atoms with E-state index in [0.717, 1.165) is 6.61 Å². The summed E-state index contributed by atoms with van der Waals surface area (Å²) in [6.07, 6.45) is 35.6. The summed E-state index contributed by atoms with van der Waals surface area (Å²) in [6, 6.07) is 0. The standard InChI is InChI=1S/C28H52O2/c1(3-5-7-9-11-13-17-21-26-25-29-26)2-4-6-8-10-12-15-19-23-28-24-20-16-14-18-22-27(28)30-28/h26-27H,1-25H2. The third kappa shape index (κ3) is 10.5. The van der Waals surface area contributed by atoms with Gasteiger partial charge < -0.3 is 9.47 Å². The van der Waals surface area contributed by atoms with Gasteiger partial charge in [-0.1, -0.05) is 128 Å². The molecule has 0 aromatic heterocycles. The summed E-state index contributed by atoms with van der Waals surface area (Å²) in [5.41, 5.74) is 0.353. The fraction of sp³-hybridized carbons (Fsp3) is 1.00. The van der Waals surface area contributed by atoms with Crippen molar-refractivity contribution in [1.29, 1.82) is 0 Å². The van der Waals surface area contributed by atoms with E-state index in [0.29, 0.717) is 17.8 Å². The fourth-order valence-electron chi connectivity index (χ4n) is 5.75. The van der Waals surface area contributed by atoms with Crippen molar-refractivity contribution < 1.29 is 9.47 Å². The average Bonchev–Trinajstić information content (AvgIpc) is 3.66. The second-order valence-corrected chi connectivity index (χ2v) is 10.8. The van der Waals surface area contributed by atoms with Crippen LogP contribution in [-0.4, -0.2) is 24.4 Å². The van der Waals surface area contributed by atoms with Crippen LogP contribution in [0.25, 0.3) is 0 Å². The van der Waals surface area contributed by atoms with E-state index in [1.54, 1.807) is 0 Å². The number of hydrogen-bond acceptors (Lipinski definition) is 2. The Kier molecular flexibility index (Phi) is 12.2. The Bertz CT molecular complexity index is 419. The first-order chi connectivity index (χ1) is 14.9. The molecule has 0 spiro atoms. The smallest absolute Gasteiger partial charge is 0.0948 e. The maximum Gasteiger partial charge on any atom is 0.0948 e. The maximum absolute atomic E-state index is 6.16. The van der Waals surface area contributed by atoms with Crippen LogP contribution in [0.5, 0.6) is 0 Å². The molecule has 176 valence electrons. The normalized spacial score (nSPS) is 28.0. The van der Waals surface area contributed by atoms with Crippen LogP contribution >= 0.6 is 0 Å². The highest BCUT2D eigenvalue weighted by atomic mass is 16.6. The molecule has 3 rings (SSSR count). The molecule has 2 heteroatoms. The molecule has 0 amide bonds. The van der Waals surface area contributed by atoms with Gasteiger partial charge in [0, 0.05) is 0 Å². The van der Waals surface area contributed by atoms with E-state index in [9.17, 15) is 0 Å². The molecule has 3 aliphatic rings. The van der Waals surface area contributed by atoms with E-state index in [1.807, 2.05) is 0 Å². The van der Waals surface area contributed by atoms with E-state index in [4.69, 9.17) is 9.47 Å². The van der Waals surface area contributed by atoms with Gasteiger partial charge in [0.05, 0.1) is 24.4 Å². The lowest BCUT2D eigenvalue weighted by Gasteiger charge is -2.15. The second-order valence-electron chi connectivity index (χ2n) is 10.8. The Morgan fingerprint density at radius 2 is 1.07 bits per heavy atom. The third-order valence-electron chi connectivity index (χ3n) is 8.00. The molecule has 1 saturated carbocycles. The van der Waals surface area contributed by atoms with Gasteiger partial charge in [-0.3, -0.25) is 0 Å². The van der Waals surface area contributed by atoms with E-state index < -0.39 is 0 Å². The SMILES string of the molecule is C(CCCCCCCCCC12CCCCCCC1O2)CCCCCCCCC1CO1. The molecule has 0 aromatic rings. The maximum atomic E-state index is 6.16. The second kappa shape index (κ2) is 14.9. The predicted octanol–water partition coefficient (Wildman–Crippen LogP) is 8.90. The van der Waals surface area contributed by atoms with Crippen molar-refractivity contribution in [3.8, 4) is 0 Å². The number of ether oxygens (including phenoxy) is 2. The largest absolute Gasteiger partial charge is 0.373 e. The van der Waals surface area contributed by atoms with E-state index in [-0.39, 0.29) is 0 Å². The van der Waals surface area contributed by atoms with Crippen molar-refractivity contribution in [2.45, 2.75) is 172 Å². The van der Waals surface area contributed by atoms with Gasteiger partial charge >= 0.3 is 0 Å². The van der Waals surface area contributed by atoms with Gasteiger partial charge in [0.15, 0.2) is 0 Å². The van der Waals surface area contributed by atoms with Crippen molar-refractivity contribution in [3.63, 3.8) is 0 Å². The van der Waals surface area contributed by atoms with Gasteiger partial charge in [0.25, 0.3) is 0 Å². The van der Waals surface area contributed by atoms with E-state index in [2.05, 4.69) is 0 Å². The van der Waals surface area contributed by atoms with Gasteiger partial charge in [-0.15, -0.1) is 0 Å². The van der Waals surface area contributed by atoms with Crippen LogP contribution in [0.2, 0.25) is 0 Å². The minimum atomic E-state index is 0.353. The summed E-state index contributed by atoms with van der Waals surface area (Å²) in [5.74, 6) is 0. The molecule has 3 fully saturated rings. The Balaban J connectivity index is 0.985. The molecule has 0 radical (unpaired) electrons. The molecule has 2 nitrogen and oxygen atoms in total. The number of epoxide rings is 2. The van der Waals surface area contributed by atoms with Crippen LogP contribution in [0, 0.1) is 0 Å². The molecule has 2 heterocycles. The number of unbranched alkanes of at least 4 members (excludes halogenated alkanes) is 15. The molecular weight excluding hydrogens is 368 g/mol. The molecule has 0 bridgehead atoms. The van der Waals surface area contributed by atoms with Crippen molar-refractivity contribution in [2.24, 2.45) is 0 Å². The minimum absolute atomic E-state index is 0.353. The number of rotatable bonds is 19. The van der Waals surface area contributed by atoms with Crippen molar-refractivity contribution >= 4 is 0 Å².